The number of carbonyl (C=O) groups is 2. The Bertz CT molecular complexity index is 977. The van der Waals surface area contributed by atoms with Gasteiger partial charge in [-0.3, -0.25) is 4.79 Å². The van der Waals surface area contributed by atoms with E-state index >= 15 is 0 Å². The lowest BCUT2D eigenvalue weighted by molar-refractivity contribution is -0.137. The van der Waals surface area contributed by atoms with E-state index in [4.69, 9.17) is 9.15 Å². The second-order valence-corrected chi connectivity index (χ2v) is 6.13. The molecular weight excluding hydrogens is 375 g/mol. The number of esters is 1. The van der Waals surface area contributed by atoms with E-state index in [0.717, 1.165) is 17.5 Å². The highest BCUT2D eigenvalue weighted by Gasteiger charge is 2.31. The summed E-state index contributed by atoms with van der Waals surface area (Å²) in [6.45, 7) is 1.07. The third-order valence-corrected chi connectivity index (χ3v) is 4.01. The van der Waals surface area contributed by atoms with Crippen molar-refractivity contribution >= 4 is 22.8 Å². The average Bonchev–Trinajstić information content (AvgIpc) is 3.10. The van der Waals surface area contributed by atoms with Crippen LogP contribution in [0, 0.1) is 0 Å². The zero-order chi connectivity index (χ0) is 20.3. The third kappa shape index (κ3) is 4.51. The van der Waals surface area contributed by atoms with E-state index in [2.05, 4.69) is 5.32 Å². The lowest BCUT2D eigenvalue weighted by Crippen LogP contribution is -2.31. The first-order chi connectivity index (χ1) is 13.2. The van der Waals surface area contributed by atoms with Crippen LogP contribution in [0.25, 0.3) is 11.0 Å². The molecule has 0 aliphatic heterocycles. The Hall–Kier alpha value is -3.29. The SMILES string of the molecule is C[C@@H](NC(=O)COC(=O)c1cccc(C(F)(F)F)c1)c1cc2ccccc2o1. The fourth-order valence-electron chi connectivity index (χ4n) is 2.61. The highest BCUT2D eigenvalue weighted by atomic mass is 19.4. The van der Waals surface area contributed by atoms with Crippen molar-refractivity contribution in [1.29, 1.82) is 0 Å². The summed E-state index contributed by atoms with van der Waals surface area (Å²) in [5.74, 6) is -1.09. The molecule has 8 heteroatoms. The van der Waals surface area contributed by atoms with E-state index in [1.165, 1.54) is 6.07 Å². The summed E-state index contributed by atoms with van der Waals surface area (Å²) in [5.41, 5.74) is -0.576. The van der Waals surface area contributed by atoms with Gasteiger partial charge in [0.1, 0.15) is 11.3 Å². The van der Waals surface area contributed by atoms with Crippen molar-refractivity contribution in [2.24, 2.45) is 0 Å². The Labute approximate surface area is 158 Å². The Balaban J connectivity index is 1.57. The van der Waals surface area contributed by atoms with Crippen LogP contribution in [-0.2, 0) is 15.7 Å². The molecule has 2 aromatic carbocycles. The Kier molecular flexibility index (Phi) is 5.39. The van der Waals surface area contributed by atoms with Gasteiger partial charge in [-0.25, -0.2) is 4.79 Å². The molecule has 28 heavy (non-hydrogen) atoms. The van der Waals surface area contributed by atoms with E-state index in [0.29, 0.717) is 17.4 Å². The number of amides is 1. The summed E-state index contributed by atoms with van der Waals surface area (Å²) >= 11 is 0. The number of hydrogen-bond donors (Lipinski definition) is 1. The number of hydrogen-bond acceptors (Lipinski definition) is 4. The summed E-state index contributed by atoms with van der Waals surface area (Å²) in [5, 5.41) is 3.49. The van der Waals surface area contributed by atoms with Gasteiger partial charge in [0.05, 0.1) is 17.2 Å². The Morgan fingerprint density at radius 1 is 1.11 bits per heavy atom. The van der Waals surface area contributed by atoms with Crippen LogP contribution in [0.5, 0.6) is 0 Å². The van der Waals surface area contributed by atoms with Gasteiger partial charge in [-0.1, -0.05) is 24.3 Å². The summed E-state index contributed by atoms with van der Waals surface area (Å²) in [6.07, 6.45) is -4.57. The zero-order valence-electron chi connectivity index (χ0n) is 14.7. The standard InChI is InChI=1S/C20H16F3NO4/c1-12(17-10-13-5-2-3-8-16(13)28-17)24-18(25)11-27-19(26)14-6-4-7-15(9-14)20(21,22)23/h2-10,12H,11H2,1H3,(H,24,25)/t12-/m1/s1. The van der Waals surface area contributed by atoms with Gasteiger partial charge in [-0.2, -0.15) is 13.2 Å². The molecule has 0 unspecified atom stereocenters. The predicted octanol–water partition coefficient (Wildman–Crippen LogP) is 4.49. The molecular formula is C20H16F3NO4. The minimum Gasteiger partial charge on any atom is -0.459 e. The van der Waals surface area contributed by atoms with Crippen molar-refractivity contribution in [2.75, 3.05) is 6.61 Å². The normalized spacial score (nSPS) is 12.6. The first-order valence-corrected chi connectivity index (χ1v) is 8.36. The van der Waals surface area contributed by atoms with Gasteiger partial charge in [0.25, 0.3) is 5.91 Å². The molecule has 0 fully saturated rings. The molecule has 1 heterocycles. The maximum Gasteiger partial charge on any atom is 0.416 e. The van der Waals surface area contributed by atoms with Gasteiger partial charge in [0, 0.05) is 5.39 Å². The van der Waals surface area contributed by atoms with Crippen LogP contribution in [0.15, 0.2) is 59.0 Å². The molecule has 1 N–H and O–H groups in total. The van der Waals surface area contributed by atoms with Crippen LogP contribution in [0.3, 0.4) is 0 Å². The van der Waals surface area contributed by atoms with Crippen molar-refractivity contribution in [1.82, 2.24) is 5.32 Å². The molecule has 1 atom stereocenters. The molecule has 1 aromatic heterocycles. The maximum absolute atomic E-state index is 12.7. The van der Waals surface area contributed by atoms with Crippen molar-refractivity contribution in [3.8, 4) is 0 Å². The van der Waals surface area contributed by atoms with Crippen molar-refractivity contribution < 1.29 is 31.9 Å². The number of benzene rings is 2. The molecule has 0 radical (unpaired) electrons. The van der Waals surface area contributed by atoms with Gasteiger partial charge in [0.15, 0.2) is 6.61 Å². The minimum absolute atomic E-state index is 0.284. The van der Waals surface area contributed by atoms with Gasteiger partial charge in [0.2, 0.25) is 0 Å². The largest absolute Gasteiger partial charge is 0.459 e. The molecule has 146 valence electrons. The van der Waals surface area contributed by atoms with E-state index in [1.807, 2.05) is 18.2 Å². The van der Waals surface area contributed by atoms with Crippen LogP contribution < -0.4 is 5.32 Å². The number of halogens is 3. The van der Waals surface area contributed by atoms with Crippen molar-refractivity contribution in [3.05, 3.63) is 71.5 Å². The van der Waals surface area contributed by atoms with Gasteiger partial charge in [-0.15, -0.1) is 0 Å². The molecule has 1 amide bonds. The van der Waals surface area contributed by atoms with E-state index in [9.17, 15) is 22.8 Å². The number of rotatable bonds is 5. The highest BCUT2D eigenvalue weighted by Crippen LogP contribution is 2.29. The molecule has 0 saturated heterocycles. The molecule has 5 nitrogen and oxygen atoms in total. The van der Waals surface area contributed by atoms with Gasteiger partial charge in [-0.05, 0) is 37.3 Å². The van der Waals surface area contributed by atoms with Crippen LogP contribution in [0.1, 0.15) is 34.6 Å². The first kappa shape index (κ1) is 19.5. The minimum atomic E-state index is -4.57. The Morgan fingerprint density at radius 3 is 2.57 bits per heavy atom. The summed E-state index contributed by atoms with van der Waals surface area (Å²) in [4.78, 5) is 23.9. The summed E-state index contributed by atoms with van der Waals surface area (Å²) in [6, 6.07) is 12.5. The fourth-order valence-corrected chi connectivity index (χ4v) is 2.61. The average molecular weight is 391 g/mol. The van der Waals surface area contributed by atoms with Crippen molar-refractivity contribution in [3.63, 3.8) is 0 Å². The second kappa shape index (κ2) is 7.75. The molecule has 3 rings (SSSR count). The maximum atomic E-state index is 12.7. The van der Waals surface area contributed by atoms with E-state index in [1.54, 1.807) is 19.1 Å². The van der Waals surface area contributed by atoms with Crippen LogP contribution >= 0.6 is 0 Å². The summed E-state index contributed by atoms with van der Waals surface area (Å²) in [7, 11) is 0. The van der Waals surface area contributed by atoms with Crippen LogP contribution in [0.2, 0.25) is 0 Å². The van der Waals surface area contributed by atoms with E-state index < -0.39 is 36.3 Å². The monoisotopic (exact) mass is 391 g/mol. The lowest BCUT2D eigenvalue weighted by atomic mass is 10.1. The molecule has 0 aliphatic carbocycles. The number of furan rings is 1. The zero-order valence-corrected chi connectivity index (χ0v) is 14.7. The van der Waals surface area contributed by atoms with Crippen molar-refractivity contribution in [2.45, 2.75) is 19.1 Å². The third-order valence-electron chi connectivity index (χ3n) is 4.01. The Morgan fingerprint density at radius 2 is 1.86 bits per heavy atom. The quantitative estimate of drug-likeness (QED) is 0.651. The fraction of sp³-hybridized carbons (Fsp3) is 0.200. The van der Waals surface area contributed by atoms with Gasteiger partial charge < -0.3 is 14.5 Å². The predicted molar refractivity (Wildman–Crippen MR) is 94.5 cm³/mol. The molecule has 0 spiro atoms. The summed E-state index contributed by atoms with van der Waals surface area (Å²) < 4.78 is 48.6. The number of para-hydroxylation sites is 1. The number of ether oxygens (including phenoxy) is 1. The topological polar surface area (TPSA) is 68.5 Å². The van der Waals surface area contributed by atoms with Gasteiger partial charge >= 0.3 is 12.1 Å². The lowest BCUT2D eigenvalue weighted by Gasteiger charge is -2.12. The molecule has 0 bridgehead atoms. The molecule has 3 aromatic rings. The number of carbonyl (C=O) groups excluding carboxylic acids is 2. The van der Waals surface area contributed by atoms with Crippen LogP contribution in [-0.4, -0.2) is 18.5 Å². The van der Waals surface area contributed by atoms with E-state index in [-0.39, 0.29) is 5.56 Å². The number of nitrogens with one attached hydrogen (secondary N) is 1. The highest BCUT2D eigenvalue weighted by molar-refractivity contribution is 5.91. The number of fused-ring (bicyclic) bond motifs is 1. The molecule has 0 saturated carbocycles. The first-order valence-electron chi connectivity index (χ1n) is 8.36. The van der Waals surface area contributed by atoms with Crippen LogP contribution in [0.4, 0.5) is 13.2 Å². The second-order valence-electron chi connectivity index (χ2n) is 6.13. The smallest absolute Gasteiger partial charge is 0.416 e. The number of alkyl halides is 3. The molecule has 0 aliphatic rings.